The van der Waals surface area contributed by atoms with Gasteiger partial charge in [-0.2, -0.15) is 0 Å². The minimum absolute atomic E-state index is 1.11. The van der Waals surface area contributed by atoms with Crippen LogP contribution in [0.4, 0.5) is 0 Å². The van der Waals surface area contributed by atoms with E-state index in [4.69, 9.17) is 0 Å². The predicted molar refractivity (Wildman–Crippen MR) is 29.7 cm³/mol. The second-order valence-electron chi connectivity index (χ2n) is 1.53. The Morgan fingerprint density at radius 2 is 2.14 bits per heavy atom. The van der Waals surface area contributed by atoms with Crippen molar-refractivity contribution in [2.45, 2.75) is 13.8 Å². The first-order valence-corrected chi connectivity index (χ1v) is 2.11. The highest BCUT2D eigenvalue weighted by atomic mass is 16.1. The van der Waals surface area contributed by atoms with Crippen molar-refractivity contribution in [2.24, 2.45) is 0 Å². The standard InChI is InChI=1S/C6H8O/c1-6(2)4-3-5-7/h3-4H,1-2H3. The Kier molecular flexibility index (Phi) is 2.99. The predicted octanol–water partition coefficient (Wildman–Crippen LogP) is 1.34. The molecule has 0 aromatic carbocycles. The van der Waals surface area contributed by atoms with Gasteiger partial charge < -0.3 is 0 Å². The van der Waals surface area contributed by atoms with Crippen molar-refractivity contribution in [1.29, 1.82) is 0 Å². The third kappa shape index (κ3) is 5.19. The molecule has 0 bridgehead atoms. The molecule has 0 saturated heterocycles. The van der Waals surface area contributed by atoms with Crippen molar-refractivity contribution in [3.63, 3.8) is 0 Å². The lowest BCUT2D eigenvalue weighted by atomic mass is 10.3. The molecule has 0 atom stereocenters. The third-order valence-corrected chi connectivity index (χ3v) is 0.485. The zero-order chi connectivity index (χ0) is 5.70. The molecule has 0 aromatic heterocycles. The lowest BCUT2D eigenvalue weighted by Gasteiger charge is -1.75. The van der Waals surface area contributed by atoms with Crippen LogP contribution in [0.5, 0.6) is 0 Å². The van der Waals surface area contributed by atoms with Crippen LogP contribution in [-0.4, -0.2) is 5.94 Å². The van der Waals surface area contributed by atoms with E-state index in [0.717, 1.165) is 5.57 Å². The molecule has 0 heterocycles. The maximum Gasteiger partial charge on any atom is 0.124 e. The fourth-order valence-corrected chi connectivity index (χ4v) is 0.201. The van der Waals surface area contributed by atoms with Gasteiger partial charge >= 0.3 is 0 Å². The van der Waals surface area contributed by atoms with E-state index in [2.05, 4.69) is 0 Å². The molecule has 0 fully saturated rings. The zero-order valence-electron chi connectivity index (χ0n) is 4.56. The van der Waals surface area contributed by atoms with Crippen molar-refractivity contribution in [2.75, 3.05) is 0 Å². The summed E-state index contributed by atoms with van der Waals surface area (Å²) in [5, 5.41) is 0. The summed E-state index contributed by atoms with van der Waals surface area (Å²) in [4.78, 5) is 9.48. The fraction of sp³-hybridized carbons (Fsp3) is 0.333. The quantitative estimate of drug-likeness (QED) is 0.355. The van der Waals surface area contributed by atoms with E-state index < -0.39 is 0 Å². The van der Waals surface area contributed by atoms with E-state index in [1.807, 2.05) is 13.8 Å². The van der Waals surface area contributed by atoms with Gasteiger partial charge in [-0.25, -0.2) is 4.79 Å². The van der Waals surface area contributed by atoms with Gasteiger partial charge in [0.2, 0.25) is 0 Å². The molecule has 0 unspecified atom stereocenters. The molecule has 0 aliphatic rings. The van der Waals surface area contributed by atoms with Crippen LogP contribution in [0.25, 0.3) is 0 Å². The zero-order valence-corrected chi connectivity index (χ0v) is 4.56. The monoisotopic (exact) mass is 96.1 g/mol. The van der Waals surface area contributed by atoms with Crippen molar-refractivity contribution >= 4 is 5.94 Å². The highest BCUT2D eigenvalue weighted by molar-refractivity contribution is 5.49. The molecule has 0 aliphatic heterocycles. The van der Waals surface area contributed by atoms with Crippen LogP contribution in [0.15, 0.2) is 17.7 Å². The van der Waals surface area contributed by atoms with Crippen LogP contribution in [0.3, 0.4) is 0 Å². The number of allylic oxidation sites excluding steroid dienone is 3. The van der Waals surface area contributed by atoms with Crippen LogP contribution in [0, 0.1) is 0 Å². The van der Waals surface area contributed by atoms with Gasteiger partial charge in [0.05, 0.1) is 0 Å². The second-order valence-corrected chi connectivity index (χ2v) is 1.53. The molecule has 0 spiro atoms. The van der Waals surface area contributed by atoms with Crippen LogP contribution in [0.2, 0.25) is 0 Å². The molecular formula is C6H8O. The first-order chi connectivity index (χ1) is 3.27. The summed E-state index contributed by atoms with van der Waals surface area (Å²) in [6, 6.07) is 0. The van der Waals surface area contributed by atoms with Crippen LogP contribution in [0.1, 0.15) is 13.8 Å². The summed E-state index contributed by atoms with van der Waals surface area (Å²) in [5.41, 5.74) is 1.11. The Morgan fingerprint density at radius 1 is 1.57 bits per heavy atom. The van der Waals surface area contributed by atoms with Gasteiger partial charge in [-0.05, 0) is 13.8 Å². The highest BCUT2D eigenvalue weighted by Gasteiger charge is 1.66. The van der Waals surface area contributed by atoms with E-state index in [0.29, 0.717) is 0 Å². The number of hydrogen-bond acceptors (Lipinski definition) is 1. The number of rotatable bonds is 1. The maximum atomic E-state index is 9.48. The molecule has 1 heteroatoms. The van der Waals surface area contributed by atoms with E-state index in [1.54, 1.807) is 12.0 Å². The van der Waals surface area contributed by atoms with E-state index in [1.165, 1.54) is 6.08 Å². The smallest absolute Gasteiger partial charge is 0.124 e. The lowest BCUT2D eigenvalue weighted by molar-refractivity contribution is 0.569. The largest absolute Gasteiger partial charge is 0.234 e. The highest BCUT2D eigenvalue weighted by Crippen LogP contribution is 1.84. The van der Waals surface area contributed by atoms with Gasteiger partial charge in [0.1, 0.15) is 5.94 Å². The third-order valence-electron chi connectivity index (χ3n) is 0.485. The number of carbonyl (C=O) groups excluding carboxylic acids is 1. The van der Waals surface area contributed by atoms with Gasteiger partial charge in [-0.1, -0.05) is 11.6 Å². The molecule has 0 radical (unpaired) electrons. The van der Waals surface area contributed by atoms with E-state index in [9.17, 15) is 4.79 Å². The summed E-state index contributed by atoms with van der Waals surface area (Å²) in [6.45, 7) is 3.85. The summed E-state index contributed by atoms with van der Waals surface area (Å²) in [7, 11) is 0. The van der Waals surface area contributed by atoms with Crippen molar-refractivity contribution < 1.29 is 4.79 Å². The topological polar surface area (TPSA) is 17.1 Å². The molecular weight excluding hydrogens is 88.1 g/mol. The van der Waals surface area contributed by atoms with Crippen LogP contribution in [-0.2, 0) is 4.79 Å². The molecule has 38 valence electrons. The molecule has 7 heavy (non-hydrogen) atoms. The summed E-state index contributed by atoms with van der Waals surface area (Å²) < 4.78 is 0. The lowest BCUT2D eigenvalue weighted by Crippen LogP contribution is -1.57. The molecule has 0 rings (SSSR count). The maximum absolute atomic E-state index is 9.48. The molecule has 0 aromatic rings. The summed E-state index contributed by atoms with van der Waals surface area (Å²) in [5.74, 6) is 1.65. The van der Waals surface area contributed by atoms with Crippen LogP contribution < -0.4 is 0 Å². The van der Waals surface area contributed by atoms with Gasteiger partial charge in [0, 0.05) is 6.08 Å². The average Bonchev–Trinajstić information content (AvgIpc) is 1.61. The summed E-state index contributed by atoms with van der Waals surface area (Å²) >= 11 is 0. The van der Waals surface area contributed by atoms with Gasteiger partial charge in [-0.3, -0.25) is 0 Å². The fourth-order valence-electron chi connectivity index (χ4n) is 0.201. The van der Waals surface area contributed by atoms with Gasteiger partial charge in [-0.15, -0.1) is 0 Å². The molecule has 0 amide bonds. The molecule has 0 aliphatic carbocycles. The van der Waals surface area contributed by atoms with Crippen LogP contribution >= 0.6 is 0 Å². The minimum Gasteiger partial charge on any atom is -0.234 e. The van der Waals surface area contributed by atoms with Gasteiger partial charge in [0.15, 0.2) is 0 Å². The molecule has 1 nitrogen and oxygen atoms in total. The normalized spacial score (nSPS) is 6.57. The minimum atomic E-state index is 1.11. The Bertz CT molecular complexity index is 112. The van der Waals surface area contributed by atoms with Crippen molar-refractivity contribution in [3.05, 3.63) is 17.7 Å². The average molecular weight is 96.1 g/mol. The first kappa shape index (κ1) is 6.19. The Balaban J connectivity index is 3.69. The Morgan fingerprint density at radius 3 is 2.29 bits per heavy atom. The Hall–Kier alpha value is -0.810. The van der Waals surface area contributed by atoms with Crippen molar-refractivity contribution in [3.8, 4) is 0 Å². The number of hydrogen-bond donors (Lipinski definition) is 0. The molecule has 0 N–H and O–H groups in total. The van der Waals surface area contributed by atoms with E-state index >= 15 is 0 Å². The van der Waals surface area contributed by atoms with E-state index in [-0.39, 0.29) is 0 Å². The van der Waals surface area contributed by atoms with Gasteiger partial charge in [0.25, 0.3) is 0 Å². The second kappa shape index (κ2) is 3.38. The Labute approximate surface area is 43.3 Å². The molecule has 0 saturated carbocycles. The van der Waals surface area contributed by atoms with Crippen molar-refractivity contribution in [1.82, 2.24) is 0 Å². The first-order valence-electron chi connectivity index (χ1n) is 2.11. The summed E-state index contributed by atoms with van der Waals surface area (Å²) in [6.07, 6.45) is 3.07. The SMILES string of the molecule is CC(C)=CC=C=O.